The van der Waals surface area contributed by atoms with E-state index in [1.807, 2.05) is 35.7 Å². The Morgan fingerprint density at radius 1 is 1.00 bits per heavy atom. The molecule has 0 saturated carbocycles. The summed E-state index contributed by atoms with van der Waals surface area (Å²) in [4.78, 5) is 9.23. The van der Waals surface area contributed by atoms with Gasteiger partial charge >= 0.3 is 6.18 Å². The zero-order chi connectivity index (χ0) is 19.0. The fourth-order valence-corrected chi connectivity index (χ4v) is 3.81. The molecule has 136 valence electrons. The molecule has 8 heteroatoms. The maximum Gasteiger partial charge on any atom is 0.416 e. The zero-order valence-corrected chi connectivity index (χ0v) is 15.2. The molecule has 0 saturated heterocycles. The molecule has 4 aromatic rings. The fourth-order valence-electron chi connectivity index (χ4n) is 2.73. The summed E-state index contributed by atoms with van der Waals surface area (Å²) in [6.07, 6.45) is -3.09. The van der Waals surface area contributed by atoms with Crippen molar-refractivity contribution in [1.29, 1.82) is 0 Å². The van der Waals surface area contributed by atoms with E-state index in [1.165, 1.54) is 23.7 Å². The van der Waals surface area contributed by atoms with Crippen LogP contribution in [0.25, 0.3) is 21.3 Å². The van der Waals surface area contributed by atoms with Gasteiger partial charge in [-0.2, -0.15) is 13.2 Å². The van der Waals surface area contributed by atoms with Crippen LogP contribution in [-0.4, -0.2) is 9.97 Å². The van der Waals surface area contributed by atoms with Gasteiger partial charge in [-0.25, -0.2) is 9.97 Å². The summed E-state index contributed by atoms with van der Waals surface area (Å²) >= 11 is 7.55. The number of rotatable bonds is 3. The van der Waals surface area contributed by atoms with Crippen LogP contribution in [0.1, 0.15) is 5.56 Å². The van der Waals surface area contributed by atoms with Gasteiger partial charge in [-0.3, -0.25) is 0 Å². The van der Waals surface area contributed by atoms with E-state index in [9.17, 15) is 13.2 Å². The van der Waals surface area contributed by atoms with Crippen LogP contribution in [0.2, 0.25) is 5.02 Å². The lowest BCUT2D eigenvalue weighted by atomic mass is 10.1. The van der Waals surface area contributed by atoms with Gasteiger partial charge in [-0.1, -0.05) is 41.9 Å². The Hall–Kier alpha value is -2.64. The maximum absolute atomic E-state index is 13.0. The molecule has 27 heavy (non-hydrogen) atoms. The first-order valence-corrected chi connectivity index (χ1v) is 9.10. The number of hydrogen-bond acceptors (Lipinski definition) is 4. The molecule has 0 aliphatic heterocycles. The number of alkyl halides is 3. The number of thiophene rings is 1. The molecule has 0 atom stereocenters. The number of anilines is 2. The Labute approximate surface area is 161 Å². The third-order valence-electron chi connectivity index (χ3n) is 4.00. The molecule has 4 rings (SSSR count). The second-order valence-electron chi connectivity index (χ2n) is 5.74. The topological polar surface area (TPSA) is 37.8 Å². The number of halogens is 4. The standard InChI is InChI=1S/C19H11ClF3N3S/c20-14-7-6-12(19(21,22)23)8-15(14)26-17-16-13(11-4-2-1-3-5-11)9-27-18(16)25-10-24-17/h1-10H,(H,24,25,26). The highest BCUT2D eigenvalue weighted by molar-refractivity contribution is 7.17. The highest BCUT2D eigenvalue weighted by atomic mass is 35.5. The van der Waals surface area contributed by atoms with Crippen molar-refractivity contribution in [2.24, 2.45) is 0 Å². The third-order valence-corrected chi connectivity index (χ3v) is 5.22. The van der Waals surface area contributed by atoms with E-state index in [0.717, 1.165) is 33.5 Å². The Morgan fingerprint density at radius 3 is 2.52 bits per heavy atom. The molecule has 0 radical (unpaired) electrons. The van der Waals surface area contributed by atoms with Crippen molar-refractivity contribution in [1.82, 2.24) is 9.97 Å². The molecular weight excluding hydrogens is 395 g/mol. The zero-order valence-electron chi connectivity index (χ0n) is 13.6. The van der Waals surface area contributed by atoms with Crippen molar-refractivity contribution in [3.8, 4) is 11.1 Å². The first-order valence-electron chi connectivity index (χ1n) is 7.85. The smallest absolute Gasteiger partial charge is 0.338 e. The molecular formula is C19H11ClF3N3S. The van der Waals surface area contributed by atoms with Crippen LogP contribution in [-0.2, 0) is 6.18 Å². The first-order chi connectivity index (χ1) is 12.9. The predicted octanol–water partition coefficient (Wildman–Crippen LogP) is 6.77. The molecule has 2 aromatic carbocycles. The monoisotopic (exact) mass is 405 g/mol. The van der Waals surface area contributed by atoms with E-state index >= 15 is 0 Å². The van der Waals surface area contributed by atoms with Crippen molar-refractivity contribution < 1.29 is 13.2 Å². The van der Waals surface area contributed by atoms with Gasteiger partial charge in [0.05, 0.1) is 21.7 Å². The molecule has 2 aromatic heterocycles. The molecule has 0 bridgehead atoms. The quantitative estimate of drug-likeness (QED) is 0.408. The van der Waals surface area contributed by atoms with Gasteiger partial charge in [-0.15, -0.1) is 11.3 Å². The lowest BCUT2D eigenvalue weighted by Gasteiger charge is -2.13. The van der Waals surface area contributed by atoms with E-state index < -0.39 is 11.7 Å². The lowest BCUT2D eigenvalue weighted by Crippen LogP contribution is -2.06. The molecule has 0 aliphatic rings. The van der Waals surface area contributed by atoms with Gasteiger partial charge in [-0.05, 0) is 23.8 Å². The number of aromatic nitrogens is 2. The molecule has 0 aliphatic carbocycles. The fraction of sp³-hybridized carbons (Fsp3) is 0.0526. The summed E-state index contributed by atoms with van der Waals surface area (Å²) in [6.45, 7) is 0. The van der Waals surface area contributed by atoms with Crippen LogP contribution in [0.5, 0.6) is 0 Å². The van der Waals surface area contributed by atoms with Gasteiger partial charge in [0.2, 0.25) is 0 Å². The second kappa shape index (κ2) is 6.83. The Bertz CT molecular complexity index is 1110. The molecule has 1 N–H and O–H groups in total. The van der Waals surface area contributed by atoms with Crippen molar-refractivity contribution in [3.63, 3.8) is 0 Å². The Morgan fingerprint density at radius 2 is 1.78 bits per heavy atom. The summed E-state index contributed by atoms with van der Waals surface area (Å²) in [5, 5.41) is 5.81. The Kier molecular flexibility index (Phi) is 4.49. The van der Waals surface area contributed by atoms with Gasteiger partial charge in [0.15, 0.2) is 0 Å². The minimum atomic E-state index is -4.46. The molecule has 0 spiro atoms. The van der Waals surface area contributed by atoms with Gasteiger partial charge in [0.1, 0.15) is 17.0 Å². The van der Waals surface area contributed by atoms with Gasteiger partial charge in [0.25, 0.3) is 0 Å². The van der Waals surface area contributed by atoms with Crippen LogP contribution in [0.4, 0.5) is 24.7 Å². The van der Waals surface area contributed by atoms with Crippen LogP contribution in [0.3, 0.4) is 0 Å². The van der Waals surface area contributed by atoms with Gasteiger partial charge in [0, 0.05) is 10.9 Å². The van der Waals surface area contributed by atoms with Crippen molar-refractivity contribution in [3.05, 3.63) is 70.8 Å². The normalized spacial score (nSPS) is 11.7. The van der Waals surface area contributed by atoms with Gasteiger partial charge < -0.3 is 5.32 Å². The van der Waals surface area contributed by atoms with Crippen LogP contribution in [0, 0.1) is 0 Å². The number of hydrogen-bond donors (Lipinski definition) is 1. The summed E-state index contributed by atoms with van der Waals surface area (Å²) in [5.41, 5.74) is 1.23. The third kappa shape index (κ3) is 3.48. The predicted molar refractivity (Wildman–Crippen MR) is 103 cm³/mol. The number of nitrogens with one attached hydrogen (secondary N) is 1. The lowest BCUT2D eigenvalue weighted by molar-refractivity contribution is -0.137. The van der Waals surface area contributed by atoms with E-state index in [4.69, 9.17) is 11.6 Å². The minimum absolute atomic E-state index is 0.136. The molecule has 0 fully saturated rings. The number of benzene rings is 2. The largest absolute Gasteiger partial charge is 0.416 e. The van der Waals surface area contributed by atoms with E-state index in [0.29, 0.717) is 5.82 Å². The average Bonchev–Trinajstić information content (AvgIpc) is 3.08. The summed E-state index contributed by atoms with van der Waals surface area (Å²) in [7, 11) is 0. The molecule has 2 heterocycles. The SMILES string of the molecule is FC(F)(F)c1ccc(Cl)c(Nc2ncnc3scc(-c4ccccc4)c23)c1. The second-order valence-corrected chi connectivity index (χ2v) is 7.00. The summed E-state index contributed by atoms with van der Waals surface area (Å²) < 4.78 is 39.1. The van der Waals surface area contributed by atoms with E-state index in [-0.39, 0.29) is 10.7 Å². The number of nitrogens with zero attached hydrogens (tertiary/aromatic N) is 2. The van der Waals surface area contributed by atoms with Crippen molar-refractivity contribution in [2.45, 2.75) is 6.18 Å². The summed E-state index contributed by atoms with van der Waals surface area (Å²) in [6, 6.07) is 12.8. The van der Waals surface area contributed by atoms with Crippen LogP contribution < -0.4 is 5.32 Å². The minimum Gasteiger partial charge on any atom is -0.338 e. The molecule has 3 nitrogen and oxygen atoms in total. The average molecular weight is 406 g/mol. The van der Waals surface area contributed by atoms with Crippen molar-refractivity contribution >= 4 is 44.7 Å². The maximum atomic E-state index is 13.0. The summed E-state index contributed by atoms with van der Waals surface area (Å²) in [5.74, 6) is 0.404. The molecule has 0 unspecified atom stereocenters. The van der Waals surface area contributed by atoms with Crippen LogP contribution >= 0.6 is 22.9 Å². The first kappa shape index (κ1) is 17.8. The highest BCUT2D eigenvalue weighted by Crippen LogP contribution is 2.39. The molecule has 0 amide bonds. The number of fused-ring (bicyclic) bond motifs is 1. The van der Waals surface area contributed by atoms with Crippen molar-refractivity contribution in [2.75, 3.05) is 5.32 Å². The van der Waals surface area contributed by atoms with E-state index in [2.05, 4.69) is 15.3 Å². The Balaban J connectivity index is 1.83. The van der Waals surface area contributed by atoms with Crippen LogP contribution in [0.15, 0.2) is 60.2 Å². The van der Waals surface area contributed by atoms with E-state index in [1.54, 1.807) is 0 Å². The highest BCUT2D eigenvalue weighted by Gasteiger charge is 2.31.